The summed E-state index contributed by atoms with van der Waals surface area (Å²) in [7, 11) is 2.16. The second-order valence-electron chi connectivity index (χ2n) is 8.92. The summed E-state index contributed by atoms with van der Waals surface area (Å²) in [6.07, 6.45) is 14.1. The van der Waals surface area contributed by atoms with E-state index >= 15 is 0 Å². The zero-order chi connectivity index (χ0) is 19.7. The molecular formula is C24H31NO2. The fraction of sp³-hybridized carbons (Fsp3) is 0.458. The van der Waals surface area contributed by atoms with Gasteiger partial charge in [-0.15, -0.1) is 0 Å². The van der Waals surface area contributed by atoms with Crippen molar-refractivity contribution in [2.24, 2.45) is 0 Å². The molecule has 0 saturated carbocycles. The van der Waals surface area contributed by atoms with Crippen molar-refractivity contribution >= 4 is 5.97 Å². The monoisotopic (exact) mass is 365 g/mol. The number of benzene rings is 1. The summed E-state index contributed by atoms with van der Waals surface area (Å²) < 4.78 is 5.90. The molecule has 1 heterocycles. The summed E-state index contributed by atoms with van der Waals surface area (Å²) in [5.41, 5.74) is 1.79. The number of hydrogen-bond donors (Lipinski definition) is 0. The molecule has 0 unspecified atom stereocenters. The summed E-state index contributed by atoms with van der Waals surface area (Å²) in [6, 6.07) is 7.79. The number of carbonyl (C=O) groups excluding carboxylic acids is 1. The van der Waals surface area contributed by atoms with Crippen LogP contribution in [0.4, 0.5) is 0 Å². The summed E-state index contributed by atoms with van der Waals surface area (Å²) in [5.74, 6) is 0.0110. The maximum Gasteiger partial charge on any atom is 0.338 e. The SMILES string of the molecule is CN1C(C)(C)CC(OC(=O)c2ccc(C3C=CC=CC=C3)cc2)CC1(C)C. The molecule has 1 aliphatic carbocycles. The summed E-state index contributed by atoms with van der Waals surface area (Å²) in [5, 5.41) is 0. The Bertz CT molecular complexity index is 734. The molecule has 3 nitrogen and oxygen atoms in total. The molecule has 2 aliphatic rings. The Morgan fingerprint density at radius 3 is 1.96 bits per heavy atom. The van der Waals surface area contributed by atoms with E-state index in [-0.39, 0.29) is 29.1 Å². The second-order valence-corrected chi connectivity index (χ2v) is 8.92. The van der Waals surface area contributed by atoms with Gasteiger partial charge in [0.25, 0.3) is 0 Å². The van der Waals surface area contributed by atoms with Crippen LogP contribution in [0.15, 0.2) is 60.7 Å². The minimum absolute atomic E-state index is 0.00273. The van der Waals surface area contributed by atoms with Crippen molar-refractivity contribution in [1.29, 1.82) is 0 Å². The van der Waals surface area contributed by atoms with E-state index in [1.54, 1.807) is 0 Å². The molecule has 0 bridgehead atoms. The van der Waals surface area contributed by atoms with Crippen molar-refractivity contribution in [3.8, 4) is 0 Å². The number of allylic oxidation sites excluding steroid dienone is 6. The van der Waals surface area contributed by atoms with Gasteiger partial charge in [-0.05, 0) is 52.4 Å². The van der Waals surface area contributed by atoms with E-state index in [9.17, 15) is 4.79 Å². The van der Waals surface area contributed by atoms with Crippen LogP contribution in [0.25, 0.3) is 0 Å². The Kier molecular flexibility index (Phi) is 5.43. The van der Waals surface area contributed by atoms with Crippen LogP contribution in [0.5, 0.6) is 0 Å². The van der Waals surface area contributed by atoms with Gasteiger partial charge in [0.05, 0.1) is 5.56 Å². The lowest BCUT2D eigenvalue weighted by Gasteiger charge is -2.53. The van der Waals surface area contributed by atoms with E-state index in [2.05, 4.69) is 63.9 Å². The molecule has 1 saturated heterocycles. The van der Waals surface area contributed by atoms with Crippen molar-refractivity contribution in [2.75, 3.05) is 7.05 Å². The van der Waals surface area contributed by atoms with Gasteiger partial charge in [0.2, 0.25) is 0 Å². The van der Waals surface area contributed by atoms with Gasteiger partial charge in [0.15, 0.2) is 0 Å². The smallest absolute Gasteiger partial charge is 0.338 e. The van der Waals surface area contributed by atoms with E-state index in [0.717, 1.165) is 12.8 Å². The van der Waals surface area contributed by atoms with E-state index in [4.69, 9.17) is 4.74 Å². The van der Waals surface area contributed by atoms with E-state index < -0.39 is 0 Å². The van der Waals surface area contributed by atoms with Gasteiger partial charge >= 0.3 is 5.97 Å². The number of ether oxygens (including phenoxy) is 1. The summed E-state index contributed by atoms with van der Waals surface area (Å²) >= 11 is 0. The highest BCUT2D eigenvalue weighted by Gasteiger charge is 2.44. The largest absolute Gasteiger partial charge is 0.459 e. The minimum Gasteiger partial charge on any atom is -0.459 e. The van der Waals surface area contributed by atoms with Crippen LogP contribution in [-0.2, 0) is 4.74 Å². The molecule has 0 atom stereocenters. The third-order valence-electron chi connectivity index (χ3n) is 6.05. The molecule has 0 radical (unpaired) electrons. The number of hydrogen-bond acceptors (Lipinski definition) is 3. The molecule has 3 rings (SSSR count). The first kappa shape index (κ1) is 19.6. The van der Waals surface area contributed by atoms with Crippen molar-refractivity contribution in [1.82, 2.24) is 4.90 Å². The molecule has 0 spiro atoms. The van der Waals surface area contributed by atoms with Crippen LogP contribution in [0, 0.1) is 0 Å². The van der Waals surface area contributed by atoms with E-state index in [1.807, 2.05) is 36.4 Å². The van der Waals surface area contributed by atoms with Gasteiger partial charge in [-0.25, -0.2) is 4.79 Å². The zero-order valence-corrected chi connectivity index (χ0v) is 17.1. The van der Waals surface area contributed by atoms with Crippen molar-refractivity contribution in [2.45, 2.75) is 63.6 Å². The predicted octanol–water partition coefficient (Wildman–Crippen LogP) is 5.26. The molecule has 0 N–H and O–H groups in total. The van der Waals surface area contributed by atoms with Gasteiger partial charge in [-0.2, -0.15) is 0 Å². The average molecular weight is 366 g/mol. The number of likely N-dealkylation sites (tertiary alicyclic amines) is 1. The number of rotatable bonds is 3. The predicted molar refractivity (Wildman–Crippen MR) is 111 cm³/mol. The lowest BCUT2D eigenvalue weighted by Crippen LogP contribution is -2.60. The van der Waals surface area contributed by atoms with Gasteiger partial charge in [0, 0.05) is 29.8 Å². The number of esters is 1. The Morgan fingerprint density at radius 1 is 0.926 bits per heavy atom. The van der Waals surface area contributed by atoms with Crippen LogP contribution in [0.2, 0.25) is 0 Å². The van der Waals surface area contributed by atoms with Crippen LogP contribution >= 0.6 is 0 Å². The van der Waals surface area contributed by atoms with Crippen LogP contribution in [0.1, 0.15) is 62.4 Å². The van der Waals surface area contributed by atoms with Crippen molar-refractivity contribution in [3.05, 3.63) is 71.8 Å². The van der Waals surface area contributed by atoms with Crippen LogP contribution in [-0.4, -0.2) is 35.1 Å². The molecule has 1 aromatic carbocycles. The standard InChI is InChI=1S/C24H31NO2/c1-23(2)16-21(17-24(3,4)25(23)5)27-22(26)20-14-12-19(13-15-20)18-10-8-6-7-9-11-18/h6-15,18,21H,16-17H2,1-5H3. The quantitative estimate of drug-likeness (QED) is 0.684. The third kappa shape index (κ3) is 4.41. The zero-order valence-electron chi connectivity index (χ0n) is 17.1. The molecule has 0 aromatic heterocycles. The average Bonchev–Trinajstić information content (AvgIpc) is 2.88. The Morgan fingerprint density at radius 2 is 1.44 bits per heavy atom. The normalized spacial score (nSPS) is 22.6. The molecular weight excluding hydrogens is 334 g/mol. The highest BCUT2D eigenvalue weighted by atomic mass is 16.5. The first-order valence-electron chi connectivity index (χ1n) is 9.76. The molecule has 1 fully saturated rings. The summed E-state index contributed by atoms with van der Waals surface area (Å²) in [6.45, 7) is 8.86. The molecule has 3 heteroatoms. The van der Waals surface area contributed by atoms with Crippen molar-refractivity contribution < 1.29 is 9.53 Å². The van der Waals surface area contributed by atoms with Crippen molar-refractivity contribution in [3.63, 3.8) is 0 Å². The highest BCUT2D eigenvalue weighted by molar-refractivity contribution is 5.89. The molecule has 0 amide bonds. The van der Waals surface area contributed by atoms with Crippen LogP contribution < -0.4 is 0 Å². The molecule has 1 aromatic rings. The topological polar surface area (TPSA) is 29.5 Å². The van der Waals surface area contributed by atoms with Gasteiger partial charge in [-0.1, -0.05) is 48.6 Å². The highest BCUT2D eigenvalue weighted by Crippen LogP contribution is 2.38. The number of carbonyl (C=O) groups is 1. The fourth-order valence-corrected chi connectivity index (χ4v) is 4.21. The molecule has 1 aliphatic heterocycles. The number of nitrogens with zero attached hydrogens (tertiary/aromatic N) is 1. The fourth-order valence-electron chi connectivity index (χ4n) is 4.21. The summed E-state index contributed by atoms with van der Waals surface area (Å²) in [4.78, 5) is 15.1. The lowest BCUT2D eigenvalue weighted by molar-refractivity contribution is -0.0732. The van der Waals surface area contributed by atoms with E-state index in [1.165, 1.54) is 5.56 Å². The number of piperidine rings is 1. The van der Waals surface area contributed by atoms with Crippen LogP contribution in [0.3, 0.4) is 0 Å². The Balaban J connectivity index is 1.68. The van der Waals surface area contributed by atoms with E-state index in [0.29, 0.717) is 5.56 Å². The Hall–Kier alpha value is -2.13. The first-order chi connectivity index (χ1) is 12.7. The lowest BCUT2D eigenvalue weighted by atomic mass is 9.79. The van der Waals surface area contributed by atoms with Gasteiger partial charge in [-0.3, -0.25) is 4.90 Å². The molecule has 144 valence electrons. The molecule has 27 heavy (non-hydrogen) atoms. The van der Waals surface area contributed by atoms with Gasteiger partial charge < -0.3 is 4.74 Å². The second kappa shape index (κ2) is 7.47. The minimum atomic E-state index is -0.226. The Labute approximate surface area is 163 Å². The maximum atomic E-state index is 12.7. The maximum absolute atomic E-state index is 12.7. The third-order valence-corrected chi connectivity index (χ3v) is 6.05. The first-order valence-corrected chi connectivity index (χ1v) is 9.76. The van der Waals surface area contributed by atoms with Gasteiger partial charge in [0.1, 0.15) is 6.10 Å².